The summed E-state index contributed by atoms with van der Waals surface area (Å²) in [5, 5.41) is 11.8. The summed E-state index contributed by atoms with van der Waals surface area (Å²) in [5.41, 5.74) is 1.52. The maximum absolute atomic E-state index is 13.3. The first-order chi connectivity index (χ1) is 9.08. The Morgan fingerprint density at radius 1 is 1.37 bits per heavy atom. The Hall–Kier alpha value is -1.39. The lowest BCUT2D eigenvalue weighted by Gasteiger charge is -2.23. The van der Waals surface area contributed by atoms with E-state index in [-0.39, 0.29) is 5.82 Å². The average molecular weight is 279 g/mol. The monoisotopic (exact) mass is 279 g/mol. The highest BCUT2D eigenvalue weighted by Gasteiger charge is 2.12. The van der Waals surface area contributed by atoms with Crippen molar-refractivity contribution >= 4 is 17.0 Å². The van der Waals surface area contributed by atoms with Gasteiger partial charge in [0.05, 0.1) is 6.10 Å². The predicted octanol–water partition coefficient (Wildman–Crippen LogP) is 3.62. The number of benzene rings is 1. The fourth-order valence-corrected chi connectivity index (χ4v) is 2.76. The van der Waals surface area contributed by atoms with E-state index in [1.54, 1.807) is 24.3 Å². The number of anilines is 1. The van der Waals surface area contributed by atoms with Gasteiger partial charge in [-0.25, -0.2) is 4.39 Å². The Morgan fingerprint density at radius 3 is 2.79 bits per heavy atom. The first-order valence-corrected chi connectivity index (χ1v) is 7.17. The minimum absolute atomic E-state index is 0.314. The van der Waals surface area contributed by atoms with Crippen LogP contribution in [-0.2, 0) is 6.42 Å². The van der Waals surface area contributed by atoms with Gasteiger partial charge in [0.1, 0.15) is 5.82 Å². The summed E-state index contributed by atoms with van der Waals surface area (Å²) in [6.45, 7) is 2.50. The normalized spacial score (nSPS) is 12.4. The quantitative estimate of drug-likeness (QED) is 0.903. The third-order valence-corrected chi connectivity index (χ3v) is 4.06. The summed E-state index contributed by atoms with van der Waals surface area (Å²) in [7, 11) is 1.97. The molecule has 4 heteroatoms. The van der Waals surface area contributed by atoms with Crippen LogP contribution >= 0.6 is 11.3 Å². The molecule has 0 bridgehead atoms. The van der Waals surface area contributed by atoms with Crippen LogP contribution in [0.4, 0.5) is 10.1 Å². The van der Waals surface area contributed by atoms with E-state index in [0.717, 1.165) is 18.7 Å². The van der Waals surface area contributed by atoms with Crippen LogP contribution in [0.5, 0.6) is 0 Å². The molecule has 1 heterocycles. The van der Waals surface area contributed by atoms with Crippen molar-refractivity contribution in [3.63, 3.8) is 0 Å². The van der Waals surface area contributed by atoms with Gasteiger partial charge in [0.2, 0.25) is 0 Å². The zero-order valence-corrected chi connectivity index (χ0v) is 12.0. The molecule has 2 nitrogen and oxygen atoms in total. The minimum atomic E-state index is -0.671. The lowest BCUT2D eigenvalue weighted by molar-refractivity contribution is 0.199. The smallest absolute Gasteiger partial charge is 0.123 e. The summed E-state index contributed by atoms with van der Waals surface area (Å²) in [5.74, 6) is -0.314. The number of aliphatic hydroxyl groups excluding tert-OH is 1. The van der Waals surface area contributed by atoms with Crippen LogP contribution in [0.2, 0.25) is 0 Å². The van der Waals surface area contributed by atoms with Gasteiger partial charge in [-0.15, -0.1) is 11.3 Å². The summed E-state index contributed by atoms with van der Waals surface area (Å²) >= 11 is 1.74. The lowest BCUT2D eigenvalue weighted by atomic mass is 10.1. The zero-order chi connectivity index (χ0) is 13.8. The van der Waals surface area contributed by atoms with E-state index >= 15 is 0 Å². The second-order valence-electron chi connectivity index (χ2n) is 4.63. The molecule has 1 N–H and O–H groups in total. The second kappa shape index (κ2) is 6.17. The lowest BCUT2D eigenvalue weighted by Crippen LogP contribution is -2.22. The van der Waals surface area contributed by atoms with Gasteiger partial charge in [0, 0.05) is 29.7 Å². The number of nitrogens with zero attached hydrogens (tertiary/aromatic N) is 1. The number of rotatable bonds is 5. The zero-order valence-electron chi connectivity index (χ0n) is 11.1. The number of likely N-dealkylation sites (N-methyl/N-ethyl adjacent to an activating group) is 1. The number of halogens is 1. The van der Waals surface area contributed by atoms with E-state index in [2.05, 4.69) is 16.3 Å². The van der Waals surface area contributed by atoms with Crippen LogP contribution in [0.15, 0.2) is 35.7 Å². The summed E-state index contributed by atoms with van der Waals surface area (Å²) in [4.78, 5) is 3.38. The molecule has 0 radical (unpaired) electrons. The highest BCUT2D eigenvalue weighted by Crippen LogP contribution is 2.26. The third kappa shape index (κ3) is 3.55. The Labute approximate surface area is 117 Å². The first-order valence-electron chi connectivity index (χ1n) is 6.29. The molecule has 0 aliphatic rings. The van der Waals surface area contributed by atoms with Gasteiger partial charge in [0.25, 0.3) is 0 Å². The fourth-order valence-electron chi connectivity index (χ4n) is 2.06. The van der Waals surface area contributed by atoms with Crippen LogP contribution in [0, 0.1) is 5.82 Å². The Bertz CT molecular complexity index is 525. The molecule has 1 aromatic heterocycles. The van der Waals surface area contributed by atoms with Crippen molar-refractivity contribution in [2.24, 2.45) is 0 Å². The van der Waals surface area contributed by atoms with Crippen LogP contribution in [-0.4, -0.2) is 18.7 Å². The van der Waals surface area contributed by atoms with Gasteiger partial charge in [-0.1, -0.05) is 6.07 Å². The second-order valence-corrected chi connectivity index (χ2v) is 5.66. The summed E-state index contributed by atoms with van der Waals surface area (Å²) in [6, 6.07) is 8.72. The highest BCUT2D eigenvalue weighted by molar-refractivity contribution is 7.09. The van der Waals surface area contributed by atoms with Crippen LogP contribution in [0.1, 0.15) is 23.5 Å². The maximum atomic E-state index is 13.3. The van der Waals surface area contributed by atoms with Crippen molar-refractivity contribution in [3.05, 3.63) is 52.0 Å². The Kier molecular flexibility index (Phi) is 4.56. The first kappa shape index (κ1) is 14.0. The molecule has 1 aromatic carbocycles. The van der Waals surface area contributed by atoms with Gasteiger partial charge in [-0.05, 0) is 43.0 Å². The van der Waals surface area contributed by atoms with Gasteiger partial charge in [-0.2, -0.15) is 0 Å². The van der Waals surface area contributed by atoms with Crippen molar-refractivity contribution < 1.29 is 9.50 Å². The number of thiophene rings is 1. The van der Waals surface area contributed by atoms with Gasteiger partial charge >= 0.3 is 0 Å². The largest absolute Gasteiger partial charge is 0.389 e. The number of aliphatic hydroxyl groups is 1. The molecule has 0 saturated heterocycles. The van der Waals surface area contributed by atoms with E-state index in [9.17, 15) is 9.50 Å². The number of hydrogen-bond acceptors (Lipinski definition) is 3. The minimum Gasteiger partial charge on any atom is -0.389 e. The van der Waals surface area contributed by atoms with E-state index in [4.69, 9.17) is 0 Å². The topological polar surface area (TPSA) is 23.5 Å². The fraction of sp³-hybridized carbons (Fsp3) is 0.333. The third-order valence-electron chi connectivity index (χ3n) is 3.12. The molecule has 2 aromatic rings. The van der Waals surface area contributed by atoms with Crippen molar-refractivity contribution in [3.8, 4) is 0 Å². The van der Waals surface area contributed by atoms with Crippen LogP contribution < -0.4 is 4.90 Å². The standard InChI is InChI=1S/C15H18FNOS/c1-11(18)14-10-12(16)5-6-15(14)17(2)8-7-13-4-3-9-19-13/h3-6,9-11,18H,7-8H2,1-2H3/t11-/m1/s1. The molecule has 2 rings (SSSR count). The average Bonchev–Trinajstić information content (AvgIpc) is 2.88. The van der Waals surface area contributed by atoms with E-state index in [0.29, 0.717) is 5.56 Å². The maximum Gasteiger partial charge on any atom is 0.123 e. The molecule has 0 aliphatic carbocycles. The summed E-state index contributed by atoms with van der Waals surface area (Å²) < 4.78 is 13.3. The molecule has 0 spiro atoms. The molecule has 19 heavy (non-hydrogen) atoms. The predicted molar refractivity (Wildman–Crippen MR) is 78.3 cm³/mol. The molecular weight excluding hydrogens is 261 g/mol. The van der Waals surface area contributed by atoms with E-state index in [1.165, 1.54) is 17.0 Å². The van der Waals surface area contributed by atoms with Crippen molar-refractivity contribution in [2.75, 3.05) is 18.5 Å². The van der Waals surface area contributed by atoms with Gasteiger partial charge in [-0.3, -0.25) is 0 Å². The van der Waals surface area contributed by atoms with E-state index in [1.807, 2.05) is 13.1 Å². The van der Waals surface area contributed by atoms with Crippen molar-refractivity contribution in [2.45, 2.75) is 19.4 Å². The molecule has 1 atom stereocenters. The molecule has 0 unspecified atom stereocenters. The summed E-state index contributed by atoms with van der Waals surface area (Å²) in [6.07, 6.45) is 0.278. The SMILES string of the molecule is C[C@@H](O)c1cc(F)ccc1N(C)CCc1cccs1. The molecule has 0 amide bonds. The molecule has 0 saturated carbocycles. The molecule has 0 aliphatic heterocycles. The van der Waals surface area contributed by atoms with Gasteiger partial charge < -0.3 is 10.0 Å². The van der Waals surface area contributed by atoms with Crippen LogP contribution in [0.3, 0.4) is 0 Å². The number of hydrogen-bond donors (Lipinski definition) is 1. The van der Waals surface area contributed by atoms with E-state index < -0.39 is 6.10 Å². The van der Waals surface area contributed by atoms with Crippen LogP contribution in [0.25, 0.3) is 0 Å². The van der Waals surface area contributed by atoms with Gasteiger partial charge in [0.15, 0.2) is 0 Å². The van der Waals surface area contributed by atoms with Crippen molar-refractivity contribution in [1.29, 1.82) is 0 Å². The van der Waals surface area contributed by atoms with Crippen molar-refractivity contribution in [1.82, 2.24) is 0 Å². The molecular formula is C15H18FNOS. The molecule has 102 valence electrons. The molecule has 0 fully saturated rings. The Morgan fingerprint density at radius 2 is 2.16 bits per heavy atom. The Balaban J connectivity index is 2.12. The highest BCUT2D eigenvalue weighted by atomic mass is 32.1.